The van der Waals surface area contributed by atoms with Gasteiger partial charge in [0.05, 0.1) is 22.8 Å². The molecule has 0 unspecified atom stereocenters. The van der Waals surface area contributed by atoms with Gasteiger partial charge in [0.15, 0.2) is 0 Å². The molecule has 0 aliphatic carbocycles. The number of nitrogens with one attached hydrogen (secondary N) is 2. The standard InChI is InChI=1S/C20H14N4.3Mg/c1-2-14-10-16-5-6-18(23-16)12-20-8-7-19(24-20)11-17-4-3-15(22-17)9-13(1)21-14;;;/h1-12,21-22H;;;. The van der Waals surface area contributed by atoms with Crippen LogP contribution in [0.2, 0.25) is 0 Å². The van der Waals surface area contributed by atoms with Crippen molar-refractivity contribution in [3.63, 3.8) is 0 Å². The Morgan fingerprint density at radius 3 is 1.19 bits per heavy atom. The van der Waals surface area contributed by atoms with Crippen LogP contribution in [-0.4, -0.2) is 89.1 Å². The highest BCUT2D eigenvalue weighted by atomic mass is 24.3. The van der Waals surface area contributed by atoms with Gasteiger partial charge in [0, 0.05) is 91.2 Å². The van der Waals surface area contributed by atoms with E-state index in [-0.39, 0.29) is 69.2 Å². The van der Waals surface area contributed by atoms with Crippen molar-refractivity contribution in [2.45, 2.75) is 0 Å². The predicted molar refractivity (Wildman–Crippen MR) is 116 cm³/mol. The van der Waals surface area contributed by atoms with E-state index < -0.39 is 0 Å². The lowest BCUT2D eigenvalue weighted by molar-refractivity contribution is 1.28. The van der Waals surface area contributed by atoms with Gasteiger partial charge in [-0.2, -0.15) is 0 Å². The molecule has 2 aliphatic heterocycles. The average Bonchev–Trinajstić information content (AvgIpc) is 3.32. The first-order chi connectivity index (χ1) is 11.8. The van der Waals surface area contributed by atoms with Crippen LogP contribution in [0.5, 0.6) is 0 Å². The molecule has 5 heterocycles. The second-order valence-corrected chi connectivity index (χ2v) is 5.91. The van der Waals surface area contributed by atoms with E-state index in [2.05, 4.69) is 50.3 Å². The van der Waals surface area contributed by atoms with Crippen molar-refractivity contribution in [2.24, 2.45) is 0 Å². The van der Waals surface area contributed by atoms with Crippen molar-refractivity contribution in [1.82, 2.24) is 19.9 Å². The number of aromatic nitrogens is 4. The molecule has 0 spiro atoms. The summed E-state index contributed by atoms with van der Waals surface area (Å²) in [7, 11) is 0. The molecule has 120 valence electrons. The summed E-state index contributed by atoms with van der Waals surface area (Å²) < 4.78 is 0. The smallest absolute Gasteiger partial charge is 0.0659 e. The summed E-state index contributed by atoms with van der Waals surface area (Å²) in [5.41, 5.74) is 7.86. The molecule has 0 saturated carbocycles. The molecular weight excluding hydrogens is 369 g/mol. The van der Waals surface area contributed by atoms with Crippen molar-refractivity contribution >= 4 is 116 Å². The van der Waals surface area contributed by atoms with Crippen LogP contribution in [0, 0.1) is 0 Å². The molecule has 0 aromatic carbocycles. The summed E-state index contributed by atoms with van der Waals surface area (Å²) >= 11 is 0. The van der Waals surface area contributed by atoms with Gasteiger partial charge in [0.25, 0.3) is 0 Å². The topological polar surface area (TPSA) is 57.4 Å². The van der Waals surface area contributed by atoms with Crippen LogP contribution >= 0.6 is 0 Å². The van der Waals surface area contributed by atoms with Gasteiger partial charge in [-0.1, -0.05) is 0 Å². The Labute approximate surface area is 205 Å². The van der Waals surface area contributed by atoms with Crippen LogP contribution in [0.3, 0.4) is 0 Å². The fourth-order valence-corrected chi connectivity index (χ4v) is 2.94. The molecule has 0 amide bonds. The number of fused-ring (bicyclic) bond motifs is 8. The average molecular weight is 383 g/mol. The molecule has 0 atom stereocenters. The first kappa shape index (κ1) is 22.2. The molecule has 0 saturated heterocycles. The Kier molecular flexibility index (Phi) is 7.72. The Hall–Kier alpha value is -1.10. The second-order valence-electron chi connectivity index (χ2n) is 5.91. The lowest BCUT2D eigenvalue weighted by atomic mass is 10.3. The van der Waals surface area contributed by atoms with Crippen LogP contribution in [0.25, 0.3) is 46.4 Å². The number of hydrogen-bond acceptors (Lipinski definition) is 2. The fraction of sp³-hybridized carbons (Fsp3) is 0. The van der Waals surface area contributed by atoms with Crippen molar-refractivity contribution in [1.29, 1.82) is 0 Å². The molecule has 6 radical (unpaired) electrons. The lowest BCUT2D eigenvalue weighted by Gasteiger charge is -1.86. The maximum absolute atomic E-state index is 4.62. The van der Waals surface area contributed by atoms with E-state index in [0.717, 1.165) is 44.8 Å². The van der Waals surface area contributed by atoms with E-state index in [0.29, 0.717) is 0 Å². The maximum atomic E-state index is 4.62. The van der Waals surface area contributed by atoms with Crippen molar-refractivity contribution in [3.8, 4) is 0 Å². The number of hydrogen-bond donors (Lipinski definition) is 2. The summed E-state index contributed by atoms with van der Waals surface area (Å²) in [4.78, 5) is 16.0. The van der Waals surface area contributed by atoms with E-state index in [4.69, 9.17) is 0 Å². The Balaban J connectivity index is 0.000000871. The van der Waals surface area contributed by atoms with Gasteiger partial charge in [0.2, 0.25) is 0 Å². The minimum absolute atomic E-state index is 0. The van der Waals surface area contributed by atoms with E-state index in [1.165, 1.54) is 0 Å². The molecule has 27 heavy (non-hydrogen) atoms. The third kappa shape index (κ3) is 5.04. The van der Waals surface area contributed by atoms with E-state index >= 15 is 0 Å². The normalized spacial score (nSPS) is 11.3. The number of H-pyrrole nitrogens is 2. The van der Waals surface area contributed by atoms with Crippen molar-refractivity contribution in [2.75, 3.05) is 0 Å². The fourth-order valence-electron chi connectivity index (χ4n) is 2.94. The highest BCUT2D eigenvalue weighted by molar-refractivity contribution is 5.77. The minimum atomic E-state index is 0. The number of nitrogens with zero attached hydrogens (tertiary/aromatic N) is 2. The van der Waals surface area contributed by atoms with Crippen LogP contribution < -0.4 is 0 Å². The van der Waals surface area contributed by atoms with Crippen LogP contribution in [0.1, 0.15) is 22.8 Å². The van der Waals surface area contributed by atoms with Gasteiger partial charge >= 0.3 is 0 Å². The van der Waals surface area contributed by atoms with Gasteiger partial charge in [-0.25, -0.2) is 9.97 Å². The molecular formula is C20H14Mg3N4. The zero-order valence-corrected chi connectivity index (χ0v) is 19.2. The van der Waals surface area contributed by atoms with Crippen molar-refractivity contribution < 1.29 is 0 Å². The maximum Gasteiger partial charge on any atom is 0.0659 e. The second kappa shape index (κ2) is 9.40. The van der Waals surface area contributed by atoms with Crippen LogP contribution in [0.15, 0.2) is 48.5 Å². The zero-order valence-electron chi connectivity index (χ0n) is 14.9. The van der Waals surface area contributed by atoms with E-state index in [1.54, 1.807) is 0 Å². The highest BCUT2D eigenvalue weighted by Gasteiger charge is 2.02. The molecule has 8 bridgehead atoms. The van der Waals surface area contributed by atoms with Crippen molar-refractivity contribution in [3.05, 3.63) is 71.3 Å². The first-order valence-corrected chi connectivity index (χ1v) is 7.85. The zero-order chi connectivity index (χ0) is 15.9. The minimum Gasteiger partial charge on any atom is -0.355 e. The van der Waals surface area contributed by atoms with Gasteiger partial charge in [0.1, 0.15) is 0 Å². The number of aromatic amines is 2. The van der Waals surface area contributed by atoms with Gasteiger partial charge < -0.3 is 9.97 Å². The van der Waals surface area contributed by atoms with Crippen LogP contribution in [-0.2, 0) is 0 Å². The Bertz CT molecular complexity index is 1080. The van der Waals surface area contributed by atoms with E-state index in [1.807, 2.05) is 42.5 Å². The largest absolute Gasteiger partial charge is 0.355 e. The first-order valence-electron chi connectivity index (χ1n) is 7.85. The quantitative estimate of drug-likeness (QED) is 0.402. The third-order valence-electron chi connectivity index (χ3n) is 4.04. The Morgan fingerprint density at radius 2 is 0.778 bits per heavy atom. The summed E-state index contributed by atoms with van der Waals surface area (Å²) in [6, 6.07) is 16.4. The molecule has 4 nitrogen and oxygen atoms in total. The molecule has 2 aliphatic rings. The van der Waals surface area contributed by atoms with E-state index in [9.17, 15) is 0 Å². The molecule has 3 aromatic rings. The monoisotopic (exact) mass is 382 g/mol. The molecule has 2 N–H and O–H groups in total. The molecule has 0 fully saturated rings. The van der Waals surface area contributed by atoms with Gasteiger partial charge in [-0.05, 0) is 72.8 Å². The Morgan fingerprint density at radius 1 is 0.444 bits per heavy atom. The highest BCUT2D eigenvalue weighted by Crippen LogP contribution is 2.17. The molecule has 5 rings (SSSR count). The third-order valence-corrected chi connectivity index (χ3v) is 4.04. The SMILES string of the molecule is C1=Cc2cc3ccc(cc4ccc(cc5nc(cc1n2)C=C5)[nH]4)[nH]3.[Mg].[Mg].[Mg]. The number of rotatable bonds is 0. The van der Waals surface area contributed by atoms with Gasteiger partial charge in [-0.15, -0.1) is 0 Å². The predicted octanol–water partition coefficient (Wildman–Crippen LogP) is 3.51. The summed E-state index contributed by atoms with van der Waals surface area (Å²) in [5, 5.41) is 0. The summed E-state index contributed by atoms with van der Waals surface area (Å²) in [6.45, 7) is 0. The lowest BCUT2D eigenvalue weighted by Crippen LogP contribution is -1.77. The molecule has 3 aromatic heterocycles. The summed E-state index contributed by atoms with van der Waals surface area (Å²) in [6.07, 6.45) is 8.05. The van der Waals surface area contributed by atoms with Gasteiger partial charge in [-0.3, -0.25) is 0 Å². The van der Waals surface area contributed by atoms with Crippen LogP contribution in [0.4, 0.5) is 0 Å². The molecule has 7 heteroatoms. The summed E-state index contributed by atoms with van der Waals surface area (Å²) in [5.74, 6) is 0.